The third-order valence-electron chi connectivity index (χ3n) is 2.69. The molecule has 0 bridgehead atoms. The summed E-state index contributed by atoms with van der Waals surface area (Å²) in [5, 5.41) is 0. The van der Waals surface area contributed by atoms with Crippen molar-refractivity contribution in [1.82, 2.24) is 0 Å². The first-order valence-electron chi connectivity index (χ1n) is 5.81. The van der Waals surface area contributed by atoms with Gasteiger partial charge in [0.2, 0.25) is 0 Å². The number of carbonyl (C=O) groups excluding carboxylic acids is 1. The molecule has 0 radical (unpaired) electrons. The van der Waals surface area contributed by atoms with E-state index in [4.69, 9.17) is 0 Å². The van der Waals surface area contributed by atoms with Crippen LogP contribution < -0.4 is 4.74 Å². The Labute approximate surface area is 124 Å². The number of halogens is 7. The Morgan fingerprint density at radius 3 is 1.74 bits per heavy atom. The van der Waals surface area contributed by atoms with Crippen molar-refractivity contribution in [3.63, 3.8) is 0 Å². The molecule has 23 heavy (non-hydrogen) atoms. The Hall–Kier alpha value is -2.58. The van der Waals surface area contributed by atoms with Gasteiger partial charge in [-0.2, -0.15) is 8.78 Å². The van der Waals surface area contributed by atoms with Gasteiger partial charge in [0, 0.05) is 17.7 Å². The van der Waals surface area contributed by atoms with E-state index in [1.54, 1.807) is 0 Å². The first-order chi connectivity index (χ1) is 10.7. The molecule has 0 N–H and O–H groups in total. The number of benzene rings is 2. The summed E-state index contributed by atoms with van der Waals surface area (Å²) < 4.78 is 97.3. The highest BCUT2D eigenvalue weighted by atomic mass is 19.3. The van der Waals surface area contributed by atoms with Gasteiger partial charge in [0.15, 0.2) is 17.5 Å². The lowest BCUT2D eigenvalue weighted by molar-refractivity contribution is -0.189. The van der Waals surface area contributed by atoms with Crippen LogP contribution in [0.1, 0.15) is 15.9 Å². The summed E-state index contributed by atoms with van der Waals surface area (Å²) in [7, 11) is 0. The van der Waals surface area contributed by atoms with Crippen LogP contribution in [0.15, 0.2) is 24.3 Å². The van der Waals surface area contributed by atoms with Crippen molar-refractivity contribution < 1.29 is 40.3 Å². The molecule has 0 aliphatic rings. The van der Waals surface area contributed by atoms with Crippen LogP contribution in [0.2, 0.25) is 0 Å². The fraction of sp³-hybridized carbons (Fsp3) is 0.0714. The van der Waals surface area contributed by atoms with Gasteiger partial charge in [0.25, 0.3) is 0 Å². The Bertz CT molecular complexity index is 728. The molecule has 0 spiro atoms. The highest BCUT2D eigenvalue weighted by Crippen LogP contribution is 2.36. The molecule has 0 atom stereocenters. The number of rotatable bonds is 4. The Morgan fingerprint density at radius 1 is 0.826 bits per heavy atom. The SMILES string of the molecule is O=Cc1cc(F)c(C(F)(F)Oc2cc(F)c(F)c(F)c2)c(F)c1. The number of hydrogen-bond acceptors (Lipinski definition) is 2. The molecule has 2 aromatic rings. The summed E-state index contributed by atoms with van der Waals surface area (Å²) >= 11 is 0. The standard InChI is InChI=1S/C14H5F7O2/c15-8-1-6(5-22)2-9(16)12(8)14(20,21)23-7-3-10(17)13(19)11(18)4-7/h1-5H. The van der Waals surface area contributed by atoms with Gasteiger partial charge in [-0.3, -0.25) is 4.79 Å². The first-order valence-corrected chi connectivity index (χ1v) is 5.81. The van der Waals surface area contributed by atoms with E-state index in [1.165, 1.54) is 0 Å². The third-order valence-corrected chi connectivity index (χ3v) is 2.69. The minimum Gasteiger partial charge on any atom is -0.429 e. The molecule has 0 aliphatic carbocycles. The molecule has 0 heterocycles. The van der Waals surface area contributed by atoms with E-state index < -0.39 is 52.1 Å². The predicted molar refractivity (Wildman–Crippen MR) is 62.6 cm³/mol. The molecule has 2 rings (SSSR count). The van der Waals surface area contributed by atoms with Gasteiger partial charge >= 0.3 is 6.11 Å². The Balaban J connectivity index is 2.45. The smallest absolute Gasteiger partial charge is 0.429 e. The van der Waals surface area contributed by atoms with E-state index in [0.717, 1.165) is 0 Å². The van der Waals surface area contributed by atoms with Crippen molar-refractivity contribution in [3.8, 4) is 5.75 Å². The summed E-state index contributed by atoms with van der Waals surface area (Å²) in [6.45, 7) is 0. The van der Waals surface area contributed by atoms with Crippen molar-refractivity contribution in [1.29, 1.82) is 0 Å². The lowest BCUT2D eigenvalue weighted by atomic mass is 10.1. The largest absolute Gasteiger partial charge is 0.432 e. The summed E-state index contributed by atoms with van der Waals surface area (Å²) in [5.74, 6) is -10.4. The van der Waals surface area contributed by atoms with Crippen LogP contribution in [-0.4, -0.2) is 6.29 Å². The van der Waals surface area contributed by atoms with E-state index >= 15 is 0 Å². The topological polar surface area (TPSA) is 26.3 Å². The van der Waals surface area contributed by atoms with Gasteiger partial charge < -0.3 is 4.74 Å². The maximum atomic E-state index is 13.8. The lowest BCUT2D eigenvalue weighted by Crippen LogP contribution is -2.25. The molecule has 0 saturated heterocycles. The monoisotopic (exact) mass is 338 g/mol. The van der Waals surface area contributed by atoms with Crippen LogP contribution in [0.4, 0.5) is 30.7 Å². The lowest BCUT2D eigenvalue weighted by Gasteiger charge is -2.19. The fourth-order valence-corrected chi connectivity index (χ4v) is 1.73. The molecule has 0 fully saturated rings. The van der Waals surface area contributed by atoms with Gasteiger partial charge in [-0.1, -0.05) is 0 Å². The number of carbonyl (C=O) groups is 1. The number of aldehydes is 1. The van der Waals surface area contributed by atoms with Gasteiger partial charge in [-0.15, -0.1) is 0 Å². The minimum atomic E-state index is -4.67. The van der Waals surface area contributed by atoms with Crippen molar-refractivity contribution >= 4 is 6.29 Å². The third kappa shape index (κ3) is 3.27. The first kappa shape index (κ1) is 16.8. The Morgan fingerprint density at radius 2 is 1.30 bits per heavy atom. The second-order valence-corrected chi connectivity index (χ2v) is 4.30. The van der Waals surface area contributed by atoms with E-state index in [0.29, 0.717) is 12.1 Å². The molecule has 9 heteroatoms. The van der Waals surface area contributed by atoms with Crippen LogP contribution in [0, 0.1) is 29.1 Å². The van der Waals surface area contributed by atoms with E-state index in [9.17, 15) is 35.5 Å². The van der Waals surface area contributed by atoms with Crippen molar-refractivity contribution in [2.75, 3.05) is 0 Å². The van der Waals surface area contributed by atoms with E-state index in [1.807, 2.05) is 0 Å². The maximum absolute atomic E-state index is 13.8. The van der Waals surface area contributed by atoms with E-state index in [2.05, 4.69) is 4.74 Å². The maximum Gasteiger partial charge on any atom is 0.432 e. The van der Waals surface area contributed by atoms with E-state index in [-0.39, 0.29) is 18.4 Å². The van der Waals surface area contributed by atoms with Crippen LogP contribution in [-0.2, 0) is 6.11 Å². The van der Waals surface area contributed by atoms with Crippen molar-refractivity contribution in [3.05, 3.63) is 64.5 Å². The normalized spacial score (nSPS) is 11.4. The van der Waals surface area contributed by atoms with Gasteiger partial charge in [-0.05, 0) is 12.1 Å². The average Bonchev–Trinajstić information content (AvgIpc) is 2.42. The van der Waals surface area contributed by atoms with Crippen LogP contribution in [0.3, 0.4) is 0 Å². The molecule has 0 aromatic heterocycles. The molecule has 0 amide bonds. The molecular weight excluding hydrogens is 333 g/mol. The minimum absolute atomic E-state index is 0.0274. The molecule has 0 aliphatic heterocycles. The zero-order valence-corrected chi connectivity index (χ0v) is 10.8. The molecule has 2 nitrogen and oxygen atoms in total. The Kier molecular flexibility index (Phi) is 4.31. The number of hydrogen-bond donors (Lipinski definition) is 0. The molecule has 2 aromatic carbocycles. The van der Waals surface area contributed by atoms with Crippen LogP contribution in [0.25, 0.3) is 0 Å². The molecular formula is C14H5F7O2. The molecule has 122 valence electrons. The zero-order chi connectivity index (χ0) is 17.4. The highest BCUT2D eigenvalue weighted by molar-refractivity contribution is 5.74. The summed E-state index contributed by atoms with van der Waals surface area (Å²) in [5.41, 5.74) is -2.41. The average molecular weight is 338 g/mol. The summed E-state index contributed by atoms with van der Waals surface area (Å²) in [6, 6.07) is 0.826. The van der Waals surface area contributed by atoms with Crippen molar-refractivity contribution in [2.24, 2.45) is 0 Å². The van der Waals surface area contributed by atoms with Crippen molar-refractivity contribution in [2.45, 2.75) is 6.11 Å². The second-order valence-electron chi connectivity index (χ2n) is 4.30. The van der Waals surface area contributed by atoms with Gasteiger partial charge in [-0.25, -0.2) is 22.0 Å². The van der Waals surface area contributed by atoms with Crippen LogP contribution in [0.5, 0.6) is 5.75 Å². The highest BCUT2D eigenvalue weighted by Gasteiger charge is 2.41. The summed E-state index contributed by atoms with van der Waals surface area (Å²) in [6.07, 6.45) is -4.65. The van der Waals surface area contributed by atoms with Crippen LogP contribution >= 0.6 is 0 Å². The quantitative estimate of drug-likeness (QED) is 0.471. The molecule has 0 saturated carbocycles. The second kappa shape index (κ2) is 5.90. The fourth-order valence-electron chi connectivity index (χ4n) is 1.73. The summed E-state index contributed by atoms with van der Waals surface area (Å²) in [4.78, 5) is 10.4. The molecule has 0 unspecified atom stereocenters. The number of ether oxygens (including phenoxy) is 1. The van der Waals surface area contributed by atoms with Gasteiger partial charge in [0.1, 0.15) is 29.2 Å². The number of alkyl halides is 2. The predicted octanol–water partition coefficient (Wildman–Crippen LogP) is 4.32. The van der Waals surface area contributed by atoms with Gasteiger partial charge in [0.05, 0.1) is 0 Å². The zero-order valence-electron chi connectivity index (χ0n) is 10.8.